The van der Waals surface area contributed by atoms with Gasteiger partial charge < -0.3 is 18.3 Å². The predicted octanol–water partition coefficient (Wildman–Crippen LogP) is 15.3. The van der Waals surface area contributed by atoms with Crippen LogP contribution < -0.4 is 4.90 Å². The van der Waals surface area contributed by atoms with Gasteiger partial charge in [-0.2, -0.15) is 0 Å². The zero-order valence-electron chi connectivity index (χ0n) is 32.4. The molecule has 0 aliphatic heterocycles. The van der Waals surface area contributed by atoms with Gasteiger partial charge in [-0.3, -0.25) is 0 Å². The predicted molar refractivity (Wildman–Crippen MR) is 247 cm³/mol. The minimum absolute atomic E-state index is 0.599. The van der Waals surface area contributed by atoms with E-state index >= 15 is 0 Å². The molecule has 282 valence electrons. The van der Waals surface area contributed by atoms with Gasteiger partial charge >= 0.3 is 0 Å². The number of hydrogen-bond donors (Lipinski definition) is 0. The average Bonchev–Trinajstić information content (AvgIpc) is 4.01. The van der Waals surface area contributed by atoms with E-state index in [1.54, 1.807) is 0 Å². The highest BCUT2D eigenvalue weighted by atomic mass is 16.4. The highest BCUT2D eigenvalue weighted by Crippen LogP contribution is 2.45. The van der Waals surface area contributed by atoms with E-state index in [-0.39, 0.29) is 0 Å². The van der Waals surface area contributed by atoms with Gasteiger partial charge in [0.2, 0.25) is 5.89 Å². The van der Waals surface area contributed by atoms with Crippen molar-refractivity contribution in [1.82, 2.24) is 9.55 Å². The zero-order chi connectivity index (χ0) is 39.6. The van der Waals surface area contributed by atoms with E-state index in [0.717, 1.165) is 78.0 Å². The van der Waals surface area contributed by atoms with E-state index in [9.17, 15) is 0 Å². The Hall–Kier alpha value is -8.15. The lowest BCUT2D eigenvalue weighted by molar-refractivity contribution is 0.617. The molecule has 0 fully saturated rings. The molecule has 60 heavy (non-hydrogen) atoms. The molecule has 0 bridgehead atoms. The minimum atomic E-state index is 0.599. The fourth-order valence-electron chi connectivity index (χ4n) is 8.81. The van der Waals surface area contributed by atoms with Crippen molar-refractivity contribution in [2.45, 2.75) is 0 Å². The van der Waals surface area contributed by atoms with E-state index < -0.39 is 0 Å². The molecule has 0 unspecified atom stereocenters. The summed E-state index contributed by atoms with van der Waals surface area (Å²) < 4.78 is 14.9. The van der Waals surface area contributed by atoms with Crippen LogP contribution in [0.4, 0.5) is 17.1 Å². The van der Waals surface area contributed by atoms with Crippen LogP contribution in [0.15, 0.2) is 221 Å². The van der Waals surface area contributed by atoms with Crippen LogP contribution in [0.2, 0.25) is 0 Å². The number of anilines is 3. The molecular formula is C55H35N3O2. The molecule has 12 aromatic rings. The summed E-state index contributed by atoms with van der Waals surface area (Å²) in [6.07, 6.45) is 0. The van der Waals surface area contributed by atoms with Crippen molar-refractivity contribution in [2.24, 2.45) is 0 Å². The molecule has 0 N–H and O–H groups in total. The average molecular weight is 770 g/mol. The van der Waals surface area contributed by atoms with Gasteiger partial charge in [0.1, 0.15) is 16.7 Å². The fraction of sp³-hybridized carbons (Fsp3) is 0. The van der Waals surface area contributed by atoms with Crippen molar-refractivity contribution in [1.29, 1.82) is 0 Å². The molecule has 12 rings (SSSR count). The number of rotatable bonds is 7. The van der Waals surface area contributed by atoms with Crippen LogP contribution in [0.3, 0.4) is 0 Å². The molecular weight excluding hydrogens is 735 g/mol. The number of benzene rings is 9. The Morgan fingerprint density at radius 2 is 1.02 bits per heavy atom. The van der Waals surface area contributed by atoms with E-state index in [1.807, 2.05) is 36.4 Å². The van der Waals surface area contributed by atoms with Crippen LogP contribution >= 0.6 is 0 Å². The fourth-order valence-corrected chi connectivity index (χ4v) is 8.81. The number of fused-ring (bicyclic) bond motifs is 7. The summed E-state index contributed by atoms with van der Waals surface area (Å²) in [7, 11) is 0. The molecule has 5 nitrogen and oxygen atoms in total. The van der Waals surface area contributed by atoms with Gasteiger partial charge in [-0.1, -0.05) is 121 Å². The Kier molecular flexibility index (Phi) is 7.78. The van der Waals surface area contributed by atoms with Crippen LogP contribution in [-0.2, 0) is 0 Å². The number of furan rings is 1. The van der Waals surface area contributed by atoms with Gasteiger partial charge in [0.05, 0.1) is 16.7 Å². The smallest absolute Gasteiger partial charge is 0.227 e. The lowest BCUT2D eigenvalue weighted by Crippen LogP contribution is -2.10. The molecule has 5 heteroatoms. The van der Waals surface area contributed by atoms with E-state index in [4.69, 9.17) is 13.8 Å². The molecule has 0 spiro atoms. The molecule has 0 saturated carbocycles. The molecule has 0 atom stereocenters. The standard InChI is InChI=1S/C55H35N3O2/c1-4-14-36(15-5-1)39-18-12-21-43(32-39)57(49-24-13-25-50-54(49)44-22-10-11-23-48(44)58(50)41-19-8-3-9-20-41)42-29-26-37(27-30-42)40-28-31-51-45(33-40)46-34-47-53(35-52(46)59-51)60-55(56-47)38-16-6-2-7-17-38/h1-35H. The summed E-state index contributed by atoms with van der Waals surface area (Å²) in [6.45, 7) is 0. The van der Waals surface area contributed by atoms with Crippen LogP contribution in [-0.4, -0.2) is 9.55 Å². The quantitative estimate of drug-likeness (QED) is 0.162. The maximum absolute atomic E-state index is 6.36. The molecule has 0 aliphatic rings. The number of nitrogens with zero attached hydrogens (tertiary/aromatic N) is 3. The normalized spacial score (nSPS) is 11.7. The summed E-state index contributed by atoms with van der Waals surface area (Å²) in [5, 5.41) is 4.45. The van der Waals surface area contributed by atoms with Crippen LogP contribution in [0.5, 0.6) is 0 Å². The Morgan fingerprint density at radius 1 is 0.383 bits per heavy atom. The Morgan fingerprint density at radius 3 is 1.83 bits per heavy atom. The van der Waals surface area contributed by atoms with Gasteiger partial charge in [0.25, 0.3) is 0 Å². The SMILES string of the molecule is c1ccc(-c2cccc(N(c3ccc(-c4ccc5oc6cc7oc(-c8ccccc8)nc7cc6c5c4)cc3)c3cccc4c3c3ccccc3n4-c3ccccc3)c2)cc1. The molecule has 3 heterocycles. The first-order valence-electron chi connectivity index (χ1n) is 20.2. The molecule has 0 saturated heterocycles. The number of hydrogen-bond acceptors (Lipinski definition) is 4. The van der Waals surface area contributed by atoms with Gasteiger partial charge in [-0.05, 0) is 107 Å². The Bertz CT molecular complexity index is 3530. The first kappa shape index (κ1) is 33.9. The maximum atomic E-state index is 6.36. The van der Waals surface area contributed by atoms with Crippen LogP contribution in [0.1, 0.15) is 0 Å². The number of para-hydroxylation sites is 2. The van der Waals surface area contributed by atoms with Crippen molar-refractivity contribution in [2.75, 3.05) is 4.90 Å². The highest BCUT2D eigenvalue weighted by Gasteiger charge is 2.22. The van der Waals surface area contributed by atoms with Gasteiger partial charge in [0.15, 0.2) is 5.58 Å². The number of aromatic nitrogens is 2. The second-order valence-corrected chi connectivity index (χ2v) is 15.2. The second-order valence-electron chi connectivity index (χ2n) is 15.2. The summed E-state index contributed by atoms with van der Waals surface area (Å²) in [5.41, 5.74) is 15.3. The number of oxazole rings is 1. The third kappa shape index (κ3) is 5.59. The third-order valence-electron chi connectivity index (χ3n) is 11.6. The maximum Gasteiger partial charge on any atom is 0.227 e. The first-order chi connectivity index (χ1) is 29.7. The van der Waals surface area contributed by atoms with Gasteiger partial charge in [0, 0.05) is 50.2 Å². The molecule has 9 aromatic carbocycles. The van der Waals surface area contributed by atoms with Gasteiger partial charge in [-0.15, -0.1) is 0 Å². The van der Waals surface area contributed by atoms with Gasteiger partial charge in [-0.25, -0.2) is 4.98 Å². The Labute approximate surface area is 345 Å². The summed E-state index contributed by atoms with van der Waals surface area (Å²) in [4.78, 5) is 7.24. The zero-order valence-corrected chi connectivity index (χ0v) is 32.4. The van der Waals surface area contributed by atoms with E-state index in [0.29, 0.717) is 11.5 Å². The highest BCUT2D eigenvalue weighted by molar-refractivity contribution is 6.16. The third-order valence-corrected chi connectivity index (χ3v) is 11.6. The van der Waals surface area contributed by atoms with Crippen LogP contribution in [0, 0.1) is 0 Å². The monoisotopic (exact) mass is 769 g/mol. The summed E-state index contributed by atoms with van der Waals surface area (Å²) in [5.74, 6) is 0.599. The molecule has 0 amide bonds. The summed E-state index contributed by atoms with van der Waals surface area (Å²) in [6, 6.07) is 74.8. The Balaban J connectivity index is 0.995. The second kappa shape index (κ2) is 13.8. The van der Waals surface area contributed by atoms with Crippen molar-refractivity contribution in [3.05, 3.63) is 212 Å². The minimum Gasteiger partial charge on any atom is -0.456 e. The molecule has 0 aliphatic carbocycles. The topological polar surface area (TPSA) is 47.3 Å². The van der Waals surface area contributed by atoms with Crippen molar-refractivity contribution >= 4 is 71.9 Å². The largest absolute Gasteiger partial charge is 0.456 e. The molecule has 3 aromatic heterocycles. The van der Waals surface area contributed by atoms with Crippen molar-refractivity contribution in [3.8, 4) is 39.4 Å². The lowest BCUT2D eigenvalue weighted by Gasteiger charge is -2.27. The van der Waals surface area contributed by atoms with Crippen molar-refractivity contribution < 1.29 is 8.83 Å². The summed E-state index contributed by atoms with van der Waals surface area (Å²) >= 11 is 0. The lowest BCUT2D eigenvalue weighted by atomic mass is 10.0. The first-order valence-corrected chi connectivity index (χ1v) is 20.2. The van der Waals surface area contributed by atoms with Crippen LogP contribution in [0.25, 0.3) is 94.2 Å². The van der Waals surface area contributed by atoms with Crippen molar-refractivity contribution in [3.63, 3.8) is 0 Å². The molecule has 0 radical (unpaired) electrons. The van der Waals surface area contributed by atoms with E-state index in [2.05, 4.69) is 185 Å². The van der Waals surface area contributed by atoms with E-state index in [1.165, 1.54) is 21.9 Å².